The van der Waals surface area contributed by atoms with Gasteiger partial charge in [0.05, 0.1) is 16.8 Å². The van der Waals surface area contributed by atoms with E-state index in [0.29, 0.717) is 21.9 Å². The van der Waals surface area contributed by atoms with Gasteiger partial charge in [0.15, 0.2) is 5.16 Å². The molecule has 158 valence electrons. The number of rotatable bonds is 5. The molecular formula is C21H24N4O3S2. The summed E-state index contributed by atoms with van der Waals surface area (Å²) in [6.45, 7) is 10.0. The number of imide groups is 1. The second kappa shape index (κ2) is 9.01. The molecular weight excluding hydrogens is 420 g/mol. The molecule has 0 bridgehead atoms. The Morgan fingerprint density at radius 3 is 2.60 bits per heavy atom. The number of aromatic nitrogens is 2. The Balaban J connectivity index is 2.08. The van der Waals surface area contributed by atoms with Gasteiger partial charge >= 0.3 is 6.03 Å². The van der Waals surface area contributed by atoms with Gasteiger partial charge in [0.1, 0.15) is 4.83 Å². The van der Waals surface area contributed by atoms with Crippen LogP contribution in [-0.4, -0.2) is 33.8 Å². The number of hydrogen-bond donors (Lipinski definition) is 2. The average Bonchev–Trinajstić information content (AvgIpc) is 2.97. The highest BCUT2D eigenvalue weighted by molar-refractivity contribution is 7.99. The minimum atomic E-state index is -0.539. The number of carbonyl (C=O) groups excluding carboxylic acids is 2. The zero-order valence-electron chi connectivity index (χ0n) is 17.6. The van der Waals surface area contributed by atoms with E-state index in [1.165, 1.54) is 11.3 Å². The van der Waals surface area contributed by atoms with E-state index in [9.17, 15) is 14.4 Å². The van der Waals surface area contributed by atoms with E-state index in [0.717, 1.165) is 39.0 Å². The minimum absolute atomic E-state index is 0.0384. The maximum Gasteiger partial charge on any atom is 0.321 e. The van der Waals surface area contributed by atoms with E-state index < -0.39 is 11.9 Å². The van der Waals surface area contributed by atoms with Crippen molar-refractivity contribution in [1.29, 1.82) is 0 Å². The molecule has 0 spiro atoms. The molecule has 30 heavy (non-hydrogen) atoms. The molecule has 0 atom stereocenters. The van der Waals surface area contributed by atoms with Crippen LogP contribution in [0.15, 0.2) is 28.2 Å². The van der Waals surface area contributed by atoms with E-state index in [1.54, 1.807) is 11.5 Å². The number of aryl methyl sites for hydroxylation is 3. The van der Waals surface area contributed by atoms with Gasteiger partial charge in [0.25, 0.3) is 5.56 Å². The molecule has 0 unspecified atom stereocenters. The average molecular weight is 445 g/mol. The van der Waals surface area contributed by atoms with E-state index in [-0.39, 0.29) is 11.3 Å². The quantitative estimate of drug-likeness (QED) is 0.463. The van der Waals surface area contributed by atoms with Crippen LogP contribution >= 0.6 is 23.1 Å². The van der Waals surface area contributed by atoms with Gasteiger partial charge < -0.3 is 5.32 Å². The second-order valence-electron chi connectivity index (χ2n) is 6.91. The summed E-state index contributed by atoms with van der Waals surface area (Å²) in [6, 6.07) is 5.23. The van der Waals surface area contributed by atoms with Crippen molar-refractivity contribution in [3.8, 4) is 5.69 Å². The van der Waals surface area contributed by atoms with Crippen LogP contribution < -0.4 is 16.2 Å². The van der Waals surface area contributed by atoms with Gasteiger partial charge in [0, 0.05) is 11.4 Å². The fourth-order valence-electron chi connectivity index (χ4n) is 3.06. The molecule has 3 aromatic rings. The third-order valence-corrected chi connectivity index (χ3v) is 6.95. The first-order valence-electron chi connectivity index (χ1n) is 9.54. The lowest BCUT2D eigenvalue weighted by Crippen LogP contribution is -2.40. The van der Waals surface area contributed by atoms with Crippen molar-refractivity contribution in [2.75, 3.05) is 12.3 Å². The Hall–Kier alpha value is -2.65. The summed E-state index contributed by atoms with van der Waals surface area (Å²) in [5, 5.41) is 5.82. The first-order valence-corrected chi connectivity index (χ1v) is 11.3. The van der Waals surface area contributed by atoms with Gasteiger partial charge in [-0.25, -0.2) is 9.78 Å². The summed E-state index contributed by atoms with van der Waals surface area (Å²) >= 11 is 2.60. The smallest absolute Gasteiger partial charge is 0.321 e. The van der Waals surface area contributed by atoms with Crippen LogP contribution in [0, 0.1) is 27.7 Å². The number of fused-ring (bicyclic) bond motifs is 1. The number of amides is 3. The van der Waals surface area contributed by atoms with Gasteiger partial charge in [-0.2, -0.15) is 0 Å². The maximum atomic E-state index is 13.5. The summed E-state index contributed by atoms with van der Waals surface area (Å²) in [5.41, 5.74) is 3.55. The van der Waals surface area contributed by atoms with E-state index >= 15 is 0 Å². The predicted octanol–water partition coefficient (Wildman–Crippen LogP) is 3.62. The summed E-state index contributed by atoms with van der Waals surface area (Å²) in [7, 11) is 0. The van der Waals surface area contributed by atoms with Crippen LogP contribution in [-0.2, 0) is 4.79 Å². The molecule has 0 radical (unpaired) electrons. The summed E-state index contributed by atoms with van der Waals surface area (Å²) in [6.07, 6.45) is 0. The Morgan fingerprint density at radius 1 is 1.17 bits per heavy atom. The number of urea groups is 1. The SMILES string of the molecule is CCNC(=O)NC(=O)CSc1nc2sc(C)c(C)c2c(=O)n1-c1cccc(C)c1C. The summed E-state index contributed by atoms with van der Waals surface area (Å²) in [4.78, 5) is 43.7. The van der Waals surface area contributed by atoms with Crippen molar-refractivity contribution in [3.05, 3.63) is 50.1 Å². The number of thioether (sulfide) groups is 1. The van der Waals surface area contributed by atoms with Gasteiger partial charge in [0.2, 0.25) is 5.91 Å². The van der Waals surface area contributed by atoms with Crippen molar-refractivity contribution in [2.45, 2.75) is 39.8 Å². The first-order chi connectivity index (χ1) is 14.2. The van der Waals surface area contributed by atoms with Crippen molar-refractivity contribution >= 4 is 45.3 Å². The zero-order valence-corrected chi connectivity index (χ0v) is 19.2. The number of benzene rings is 1. The molecule has 2 aromatic heterocycles. The Bertz CT molecular complexity index is 1200. The molecule has 0 aliphatic heterocycles. The molecule has 2 heterocycles. The lowest BCUT2D eigenvalue weighted by molar-refractivity contribution is -0.117. The summed E-state index contributed by atoms with van der Waals surface area (Å²) in [5.74, 6) is -0.491. The molecule has 3 amide bonds. The van der Waals surface area contributed by atoms with Crippen LogP contribution in [0.3, 0.4) is 0 Å². The third kappa shape index (κ3) is 4.27. The number of thiophene rings is 1. The standard InChI is InChI=1S/C21H24N4O3S2/c1-6-22-20(28)23-16(26)10-29-21-24-18-17(13(4)14(5)30-18)19(27)25(21)15-9-7-8-11(2)12(15)3/h7-9H,6,10H2,1-5H3,(H2,22,23,26,28). The number of nitrogens with zero attached hydrogens (tertiary/aromatic N) is 2. The van der Waals surface area contributed by atoms with Crippen LogP contribution in [0.1, 0.15) is 28.5 Å². The Kier molecular flexibility index (Phi) is 6.62. The van der Waals surface area contributed by atoms with Gasteiger partial charge in [-0.15, -0.1) is 11.3 Å². The largest absolute Gasteiger partial charge is 0.338 e. The molecule has 7 nitrogen and oxygen atoms in total. The first kappa shape index (κ1) is 22.0. The third-order valence-electron chi connectivity index (χ3n) is 4.91. The van der Waals surface area contributed by atoms with Crippen molar-refractivity contribution < 1.29 is 9.59 Å². The van der Waals surface area contributed by atoms with Gasteiger partial charge in [-0.1, -0.05) is 23.9 Å². The fourth-order valence-corrected chi connectivity index (χ4v) is 4.94. The zero-order chi connectivity index (χ0) is 22.0. The van der Waals surface area contributed by atoms with Crippen LogP contribution in [0.5, 0.6) is 0 Å². The molecule has 0 aliphatic rings. The lowest BCUT2D eigenvalue weighted by atomic mass is 10.1. The highest BCUT2D eigenvalue weighted by atomic mass is 32.2. The molecule has 2 N–H and O–H groups in total. The maximum absolute atomic E-state index is 13.5. The summed E-state index contributed by atoms with van der Waals surface area (Å²) < 4.78 is 1.58. The van der Waals surface area contributed by atoms with E-state index in [1.807, 2.05) is 45.9 Å². The molecule has 0 saturated carbocycles. The number of carbonyl (C=O) groups is 2. The fraction of sp³-hybridized carbons (Fsp3) is 0.333. The van der Waals surface area contributed by atoms with Gasteiger partial charge in [-0.3, -0.25) is 19.5 Å². The molecule has 1 aromatic carbocycles. The molecule has 0 saturated heterocycles. The second-order valence-corrected chi connectivity index (χ2v) is 9.06. The monoisotopic (exact) mass is 444 g/mol. The van der Waals surface area contributed by atoms with Crippen LogP contribution in [0.2, 0.25) is 0 Å². The highest BCUT2D eigenvalue weighted by Crippen LogP contribution is 2.30. The lowest BCUT2D eigenvalue weighted by Gasteiger charge is -2.15. The van der Waals surface area contributed by atoms with Crippen molar-refractivity contribution in [2.24, 2.45) is 0 Å². The van der Waals surface area contributed by atoms with E-state index in [2.05, 4.69) is 10.6 Å². The molecule has 0 aliphatic carbocycles. The molecule has 9 heteroatoms. The highest BCUT2D eigenvalue weighted by Gasteiger charge is 2.20. The van der Waals surface area contributed by atoms with Crippen molar-refractivity contribution in [3.63, 3.8) is 0 Å². The van der Waals surface area contributed by atoms with E-state index in [4.69, 9.17) is 4.98 Å². The van der Waals surface area contributed by atoms with Crippen LogP contribution in [0.4, 0.5) is 4.79 Å². The number of nitrogens with one attached hydrogen (secondary N) is 2. The molecule has 0 fully saturated rings. The normalized spacial score (nSPS) is 11.0. The Morgan fingerprint density at radius 2 is 1.90 bits per heavy atom. The number of hydrogen-bond acceptors (Lipinski definition) is 6. The molecule has 3 rings (SSSR count). The minimum Gasteiger partial charge on any atom is -0.338 e. The predicted molar refractivity (Wildman–Crippen MR) is 122 cm³/mol. The Labute approximate surface area is 182 Å². The van der Waals surface area contributed by atoms with Crippen LogP contribution in [0.25, 0.3) is 15.9 Å². The van der Waals surface area contributed by atoms with Gasteiger partial charge in [-0.05, 0) is 57.4 Å². The van der Waals surface area contributed by atoms with Crippen molar-refractivity contribution in [1.82, 2.24) is 20.2 Å². The topological polar surface area (TPSA) is 93.1 Å².